The van der Waals surface area contributed by atoms with Crippen LogP contribution in [0.4, 0.5) is 4.79 Å². The van der Waals surface area contributed by atoms with Gasteiger partial charge in [-0.15, -0.1) is 0 Å². The maximum absolute atomic E-state index is 12.5. The third kappa shape index (κ3) is 19.8. The number of carbonyl (C=O) groups is 2. The first kappa shape index (κ1) is 31.7. The molecule has 0 aliphatic heterocycles. The summed E-state index contributed by atoms with van der Waals surface area (Å²) in [6.45, 7) is 8.80. The SMILES string of the molecule is CCCCCCCCCCCCCCCCCOC(=O)C(NC(=O)OCCOC)C(C)(C)C. The van der Waals surface area contributed by atoms with Crippen molar-refractivity contribution in [1.29, 1.82) is 0 Å². The molecule has 33 heavy (non-hydrogen) atoms. The minimum Gasteiger partial charge on any atom is -0.464 e. The smallest absolute Gasteiger partial charge is 0.407 e. The Labute approximate surface area is 203 Å². The number of hydrogen-bond acceptors (Lipinski definition) is 5. The van der Waals surface area contributed by atoms with Gasteiger partial charge < -0.3 is 19.5 Å². The molecule has 0 fully saturated rings. The number of amides is 1. The van der Waals surface area contributed by atoms with Crippen LogP contribution in [0.2, 0.25) is 0 Å². The van der Waals surface area contributed by atoms with Crippen molar-refractivity contribution >= 4 is 12.1 Å². The molecule has 0 aliphatic rings. The predicted molar refractivity (Wildman–Crippen MR) is 135 cm³/mol. The van der Waals surface area contributed by atoms with Crippen molar-refractivity contribution in [2.24, 2.45) is 5.41 Å². The Balaban J connectivity index is 3.72. The molecule has 0 aromatic carbocycles. The lowest BCUT2D eigenvalue weighted by Gasteiger charge is -2.29. The van der Waals surface area contributed by atoms with Crippen LogP contribution in [-0.4, -0.2) is 45.0 Å². The molecule has 1 unspecified atom stereocenters. The van der Waals surface area contributed by atoms with E-state index in [1.165, 1.54) is 90.6 Å². The molecule has 6 nitrogen and oxygen atoms in total. The first-order valence-corrected chi connectivity index (χ1v) is 13.4. The predicted octanol–water partition coefficient (Wildman–Crippen LogP) is 7.19. The second-order valence-corrected chi connectivity index (χ2v) is 10.2. The largest absolute Gasteiger partial charge is 0.464 e. The van der Waals surface area contributed by atoms with Crippen molar-refractivity contribution in [3.05, 3.63) is 0 Å². The van der Waals surface area contributed by atoms with E-state index in [1.54, 1.807) is 0 Å². The molecule has 6 heteroatoms. The van der Waals surface area contributed by atoms with Gasteiger partial charge in [0.25, 0.3) is 0 Å². The van der Waals surface area contributed by atoms with Crippen molar-refractivity contribution in [3.63, 3.8) is 0 Å². The number of alkyl carbamates (subject to hydrolysis) is 1. The van der Waals surface area contributed by atoms with Gasteiger partial charge in [-0.3, -0.25) is 0 Å². The van der Waals surface area contributed by atoms with E-state index in [-0.39, 0.29) is 6.61 Å². The molecule has 1 atom stereocenters. The summed E-state index contributed by atoms with van der Waals surface area (Å²) in [4.78, 5) is 24.4. The fourth-order valence-electron chi connectivity index (χ4n) is 3.74. The Morgan fingerprint density at radius 1 is 0.667 bits per heavy atom. The monoisotopic (exact) mass is 471 g/mol. The van der Waals surface area contributed by atoms with Crippen LogP contribution in [0.15, 0.2) is 0 Å². The van der Waals surface area contributed by atoms with Gasteiger partial charge in [0.1, 0.15) is 12.6 Å². The van der Waals surface area contributed by atoms with E-state index >= 15 is 0 Å². The van der Waals surface area contributed by atoms with Gasteiger partial charge in [-0.1, -0.05) is 118 Å². The Bertz CT molecular complexity index is 476. The minimum absolute atomic E-state index is 0.146. The van der Waals surface area contributed by atoms with Crippen LogP contribution in [-0.2, 0) is 19.0 Å². The van der Waals surface area contributed by atoms with Crippen LogP contribution < -0.4 is 5.32 Å². The lowest BCUT2D eigenvalue weighted by Crippen LogP contribution is -2.50. The highest BCUT2D eigenvalue weighted by Gasteiger charge is 2.34. The van der Waals surface area contributed by atoms with Crippen LogP contribution >= 0.6 is 0 Å². The summed E-state index contributed by atoms with van der Waals surface area (Å²) in [7, 11) is 1.54. The lowest BCUT2D eigenvalue weighted by atomic mass is 9.87. The van der Waals surface area contributed by atoms with Gasteiger partial charge in [0.15, 0.2) is 0 Å². The molecule has 0 saturated carbocycles. The normalized spacial score (nSPS) is 12.4. The standard InChI is InChI=1S/C27H53NO5/c1-6-7-8-9-10-11-12-13-14-15-16-17-18-19-20-21-32-25(29)24(27(2,3)4)28-26(30)33-23-22-31-5/h24H,6-23H2,1-5H3,(H,28,30). The van der Waals surface area contributed by atoms with Crippen molar-refractivity contribution in [2.75, 3.05) is 26.9 Å². The highest BCUT2D eigenvalue weighted by molar-refractivity contribution is 5.82. The number of carbonyl (C=O) groups excluding carboxylic acids is 2. The number of methoxy groups -OCH3 is 1. The number of rotatable bonds is 21. The zero-order valence-electron chi connectivity index (χ0n) is 22.3. The second kappa shape index (κ2) is 21.2. The zero-order valence-corrected chi connectivity index (χ0v) is 22.3. The van der Waals surface area contributed by atoms with Gasteiger partial charge in [-0.2, -0.15) is 0 Å². The van der Waals surface area contributed by atoms with Crippen molar-refractivity contribution < 1.29 is 23.8 Å². The number of esters is 1. The highest BCUT2D eigenvalue weighted by atomic mass is 16.6. The van der Waals surface area contributed by atoms with Crippen LogP contribution in [0.1, 0.15) is 124 Å². The molecule has 1 amide bonds. The van der Waals surface area contributed by atoms with Crippen LogP contribution in [0.3, 0.4) is 0 Å². The molecule has 0 radical (unpaired) electrons. The Morgan fingerprint density at radius 3 is 1.55 bits per heavy atom. The summed E-state index contributed by atoms with van der Waals surface area (Å²) in [5, 5.41) is 2.63. The summed E-state index contributed by atoms with van der Waals surface area (Å²) in [5.41, 5.74) is -0.466. The number of unbranched alkanes of at least 4 members (excludes halogenated alkanes) is 14. The molecular weight excluding hydrogens is 418 g/mol. The molecule has 1 N–H and O–H groups in total. The third-order valence-electron chi connectivity index (χ3n) is 5.88. The molecule has 0 aromatic heterocycles. The molecule has 0 aromatic rings. The quantitative estimate of drug-likeness (QED) is 0.142. The molecule has 0 rings (SSSR count). The number of ether oxygens (including phenoxy) is 3. The van der Waals surface area contributed by atoms with Crippen LogP contribution in [0.25, 0.3) is 0 Å². The van der Waals surface area contributed by atoms with Crippen molar-refractivity contribution in [1.82, 2.24) is 5.32 Å². The maximum Gasteiger partial charge on any atom is 0.407 e. The number of nitrogens with one attached hydrogen (secondary N) is 1. The summed E-state index contributed by atoms with van der Waals surface area (Å²) in [5.74, 6) is -0.406. The fraction of sp³-hybridized carbons (Fsp3) is 0.926. The van der Waals surface area contributed by atoms with Gasteiger partial charge in [0.05, 0.1) is 13.2 Å². The van der Waals surface area contributed by atoms with Crippen LogP contribution in [0.5, 0.6) is 0 Å². The Hall–Kier alpha value is -1.30. The molecule has 0 bridgehead atoms. The third-order valence-corrected chi connectivity index (χ3v) is 5.88. The van der Waals surface area contributed by atoms with Gasteiger partial charge in [0, 0.05) is 7.11 Å². The summed E-state index contributed by atoms with van der Waals surface area (Å²) in [6, 6.07) is -0.746. The van der Waals surface area contributed by atoms with Gasteiger partial charge in [0.2, 0.25) is 0 Å². The average molecular weight is 472 g/mol. The van der Waals surface area contributed by atoms with E-state index in [4.69, 9.17) is 14.2 Å². The Morgan fingerprint density at radius 2 is 1.12 bits per heavy atom. The topological polar surface area (TPSA) is 73.9 Å². The average Bonchev–Trinajstić information content (AvgIpc) is 2.76. The molecular formula is C27H53NO5. The highest BCUT2D eigenvalue weighted by Crippen LogP contribution is 2.21. The van der Waals surface area contributed by atoms with E-state index < -0.39 is 23.5 Å². The summed E-state index contributed by atoms with van der Waals surface area (Å²) < 4.78 is 15.3. The molecule has 0 heterocycles. The minimum atomic E-state index is -0.746. The fourth-order valence-corrected chi connectivity index (χ4v) is 3.74. The van der Waals surface area contributed by atoms with Gasteiger partial charge in [-0.05, 0) is 11.8 Å². The molecule has 0 spiro atoms. The summed E-state index contributed by atoms with van der Waals surface area (Å²) in [6.07, 6.45) is 18.9. The Kier molecular flexibility index (Phi) is 20.4. The molecule has 196 valence electrons. The number of hydrogen-bond donors (Lipinski definition) is 1. The van der Waals surface area contributed by atoms with E-state index in [0.717, 1.165) is 12.8 Å². The molecule has 0 aliphatic carbocycles. The van der Waals surface area contributed by atoms with E-state index in [2.05, 4.69) is 12.2 Å². The van der Waals surface area contributed by atoms with Gasteiger partial charge >= 0.3 is 12.1 Å². The summed E-state index contributed by atoms with van der Waals surface area (Å²) >= 11 is 0. The van der Waals surface area contributed by atoms with Crippen LogP contribution in [0, 0.1) is 5.41 Å². The van der Waals surface area contributed by atoms with E-state index in [9.17, 15) is 9.59 Å². The zero-order chi connectivity index (χ0) is 24.8. The first-order chi connectivity index (χ1) is 15.8. The lowest BCUT2D eigenvalue weighted by molar-refractivity contribution is -0.149. The maximum atomic E-state index is 12.5. The van der Waals surface area contributed by atoms with Gasteiger partial charge in [-0.25, -0.2) is 9.59 Å². The van der Waals surface area contributed by atoms with E-state index in [0.29, 0.717) is 13.2 Å². The van der Waals surface area contributed by atoms with Crippen molar-refractivity contribution in [2.45, 2.75) is 130 Å². The second-order valence-electron chi connectivity index (χ2n) is 10.2. The first-order valence-electron chi connectivity index (χ1n) is 13.4. The van der Waals surface area contributed by atoms with E-state index in [1.807, 2.05) is 20.8 Å². The molecule has 0 saturated heterocycles. The van der Waals surface area contributed by atoms with Crippen molar-refractivity contribution in [3.8, 4) is 0 Å².